The van der Waals surface area contributed by atoms with E-state index in [1.807, 2.05) is 17.0 Å². The first-order valence-corrected chi connectivity index (χ1v) is 8.44. The van der Waals surface area contributed by atoms with Crippen molar-refractivity contribution >= 4 is 22.8 Å². The molecule has 2 atom stereocenters. The number of fused-ring (bicyclic) bond motifs is 1. The summed E-state index contributed by atoms with van der Waals surface area (Å²) < 4.78 is 1.67. The Hall–Kier alpha value is -2.66. The number of rotatable bonds is 3. The summed E-state index contributed by atoms with van der Waals surface area (Å²) in [6.45, 7) is 4.27. The van der Waals surface area contributed by atoms with Gasteiger partial charge in [-0.25, -0.2) is 9.97 Å². The summed E-state index contributed by atoms with van der Waals surface area (Å²) in [4.78, 5) is 25.0. The van der Waals surface area contributed by atoms with Crippen LogP contribution in [0.25, 0.3) is 11.0 Å². The number of nitrogens with zero attached hydrogens (tertiary/aromatic N) is 6. The number of nitriles is 1. The lowest BCUT2D eigenvalue weighted by atomic mass is 9.74. The Labute approximate surface area is 145 Å². The lowest BCUT2D eigenvalue weighted by Gasteiger charge is -2.55. The fourth-order valence-corrected chi connectivity index (χ4v) is 4.27. The predicted molar refractivity (Wildman–Crippen MR) is 90.4 cm³/mol. The molecule has 2 aromatic rings. The summed E-state index contributed by atoms with van der Waals surface area (Å²) in [5.74, 6) is 1.15. The number of amides is 1. The summed E-state index contributed by atoms with van der Waals surface area (Å²) in [7, 11) is 0. The average Bonchev–Trinajstić information content (AvgIpc) is 3.25. The number of carbonyl (C=O) groups is 1. The molecule has 0 bridgehead atoms. The lowest BCUT2D eigenvalue weighted by molar-refractivity contribution is -0.152. The van der Waals surface area contributed by atoms with Crippen LogP contribution in [-0.2, 0) is 11.5 Å². The van der Waals surface area contributed by atoms with Crippen molar-refractivity contribution in [1.29, 1.82) is 5.26 Å². The first kappa shape index (κ1) is 15.8. The van der Waals surface area contributed by atoms with Gasteiger partial charge >= 0.3 is 0 Å². The fourth-order valence-electron chi connectivity index (χ4n) is 4.27. The van der Waals surface area contributed by atoms with Gasteiger partial charge in [0.15, 0.2) is 0 Å². The topological polar surface area (TPSA) is 98.3 Å². The van der Waals surface area contributed by atoms with E-state index in [0.29, 0.717) is 24.7 Å². The van der Waals surface area contributed by atoms with Crippen LogP contribution < -0.4 is 4.90 Å². The second kappa shape index (κ2) is 5.70. The van der Waals surface area contributed by atoms with E-state index < -0.39 is 0 Å². The largest absolute Gasteiger partial charge is 0.376 e. The Morgan fingerprint density at radius 1 is 1.52 bits per heavy atom. The molecular formula is C17H20N6O2. The van der Waals surface area contributed by atoms with Crippen LogP contribution in [0.2, 0.25) is 0 Å². The molecule has 8 nitrogen and oxygen atoms in total. The molecule has 25 heavy (non-hydrogen) atoms. The second-order valence-electron chi connectivity index (χ2n) is 6.88. The highest BCUT2D eigenvalue weighted by Gasteiger charge is 2.56. The van der Waals surface area contributed by atoms with Crippen LogP contribution in [0.3, 0.4) is 0 Å². The van der Waals surface area contributed by atoms with E-state index in [0.717, 1.165) is 24.2 Å². The van der Waals surface area contributed by atoms with Crippen LogP contribution in [0.15, 0.2) is 18.6 Å². The molecule has 0 radical (unpaired) electrons. The van der Waals surface area contributed by atoms with Crippen molar-refractivity contribution in [3.8, 4) is 6.07 Å². The molecule has 2 saturated heterocycles. The molecule has 2 aliphatic heterocycles. The van der Waals surface area contributed by atoms with Crippen LogP contribution in [0.5, 0.6) is 0 Å². The maximum Gasteiger partial charge on any atom is 0.237 e. The highest BCUT2D eigenvalue weighted by Crippen LogP contribution is 2.45. The number of likely N-dealkylation sites (tertiary alicyclic amines) is 1. The molecule has 0 unspecified atom stereocenters. The number of aliphatic hydroxyl groups excluding tert-OH is 1. The molecule has 0 aliphatic carbocycles. The molecule has 1 N–H and O–H groups in total. The van der Waals surface area contributed by atoms with Gasteiger partial charge in [0.1, 0.15) is 30.9 Å². The van der Waals surface area contributed by atoms with Gasteiger partial charge in [0.05, 0.1) is 17.0 Å². The predicted octanol–water partition coefficient (Wildman–Crippen LogP) is 0.722. The number of aromatic nitrogens is 3. The van der Waals surface area contributed by atoms with E-state index in [2.05, 4.69) is 21.8 Å². The van der Waals surface area contributed by atoms with Crippen molar-refractivity contribution in [1.82, 2.24) is 19.4 Å². The normalized spacial score (nSPS) is 25.4. The van der Waals surface area contributed by atoms with E-state index >= 15 is 0 Å². The van der Waals surface area contributed by atoms with Crippen molar-refractivity contribution in [3.63, 3.8) is 0 Å². The third-order valence-corrected chi connectivity index (χ3v) is 5.71. The summed E-state index contributed by atoms with van der Waals surface area (Å²) in [5.41, 5.74) is 0.498. The molecule has 1 spiro atoms. The van der Waals surface area contributed by atoms with Gasteiger partial charge in [0.2, 0.25) is 5.91 Å². The van der Waals surface area contributed by atoms with Gasteiger partial charge in [-0.15, -0.1) is 0 Å². The van der Waals surface area contributed by atoms with Crippen LogP contribution in [0.1, 0.15) is 19.8 Å². The second-order valence-corrected chi connectivity index (χ2v) is 6.88. The minimum atomic E-state index is -0.204. The van der Waals surface area contributed by atoms with Gasteiger partial charge in [-0.3, -0.25) is 4.79 Å². The van der Waals surface area contributed by atoms with Crippen molar-refractivity contribution in [2.24, 2.45) is 5.92 Å². The number of hydrogen-bond donors (Lipinski definition) is 1. The molecular weight excluding hydrogens is 320 g/mol. The van der Waals surface area contributed by atoms with E-state index in [1.165, 1.54) is 6.33 Å². The van der Waals surface area contributed by atoms with Gasteiger partial charge in [0, 0.05) is 25.8 Å². The minimum absolute atomic E-state index is 0.0639. The van der Waals surface area contributed by atoms with Crippen molar-refractivity contribution < 1.29 is 9.90 Å². The van der Waals surface area contributed by atoms with Gasteiger partial charge < -0.3 is 19.5 Å². The maximum absolute atomic E-state index is 12.3. The van der Waals surface area contributed by atoms with Crippen molar-refractivity contribution in [2.45, 2.75) is 32.0 Å². The third kappa shape index (κ3) is 2.19. The van der Waals surface area contributed by atoms with E-state index in [9.17, 15) is 9.90 Å². The van der Waals surface area contributed by atoms with E-state index in [4.69, 9.17) is 5.26 Å². The van der Waals surface area contributed by atoms with E-state index in [-0.39, 0.29) is 24.6 Å². The number of hydrogen-bond acceptors (Lipinski definition) is 6. The van der Waals surface area contributed by atoms with Crippen molar-refractivity contribution in [2.75, 3.05) is 24.5 Å². The van der Waals surface area contributed by atoms with Crippen LogP contribution in [-0.4, -0.2) is 55.6 Å². The van der Waals surface area contributed by atoms with E-state index in [1.54, 1.807) is 10.8 Å². The van der Waals surface area contributed by atoms with Gasteiger partial charge in [0.25, 0.3) is 0 Å². The highest BCUT2D eigenvalue weighted by molar-refractivity contribution is 5.88. The van der Waals surface area contributed by atoms with Gasteiger partial charge in [-0.1, -0.05) is 6.92 Å². The number of aliphatic hydroxyl groups is 1. The van der Waals surface area contributed by atoms with Gasteiger partial charge in [-0.2, -0.15) is 5.26 Å². The molecule has 0 aromatic carbocycles. The quantitative estimate of drug-likeness (QED) is 0.884. The Bertz CT molecular complexity index is 872. The molecule has 2 aliphatic rings. The smallest absolute Gasteiger partial charge is 0.237 e. The van der Waals surface area contributed by atoms with Crippen molar-refractivity contribution in [3.05, 3.63) is 18.6 Å². The number of carbonyl (C=O) groups excluding carboxylic acids is 1. The molecule has 8 heteroatoms. The summed E-state index contributed by atoms with van der Waals surface area (Å²) in [5, 5.41) is 19.1. The molecule has 4 heterocycles. The maximum atomic E-state index is 12.3. The van der Waals surface area contributed by atoms with Crippen LogP contribution in [0.4, 0.5) is 5.82 Å². The zero-order valence-corrected chi connectivity index (χ0v) is 14.1. The molecule has 0 saturated carbocycles. The SMILES string of the molecule is C[C@H]1CN(C(=O)CC#N)[C@]12CCN(c1ncnc3c1ccn3CO)C2. The Morgan fingerprint density at radius 2 is 2.36 bits per heavy atom. The zero-order valence-electron chi connectivity index (χ0n) is 14.1. The Morgan fingerprint density at radius 3 is 3.08 bits per heavy atom. The monoisotopic (exact) mass is 340 g/mol. The third-order valence-electron chi connectivity index (χ3n) is 5.71. The fraction of sp³-hybridized carbons (Fsp3) is 0.529. The van der Waals surface area contributed by atoms with Crippen LogP contribution in [0, 0.1) is 17.2 Å². The zero-order chi connectivity index (χ0) is 17.6. The summed E-state index contributed by atoms with van der Waals surface area (Å²) in [6, 6.07) is 3.87. The van der Waals surface area contributed by atoms with Crippen LogP contribution >= 0.6 is 0 Å². The summed E-state index contributed by atoms with van der Waals surface area (Å²) >= 11 is 0. The lowest BCUT2D eigenvalue weighted by Crippen LogP contribution is -2.69. The standard InChI is InChI=1S/C17H20N6O2/c1-12-8-23(14(25)2-5-18)17(12)4-7-21(9-17)15-13-3-6-22(11-24)16(13)20-10-19-15/h3,6,10,12,24H,2,4,7-9,11H2,1H3/t12-,17-/m0/s1. The van der Waals surface area contributed by atoms with Gasteiger partial charge in [-0.05, 0) is 18.4 Å². The Kier molecular flexibility index (Phi) is 3.62. The first-order chi connectivity index (χ1) is 12.1. The average molecular weight is 340 g/mol. The first-order valence-electron chi connectivity index (χ1n) is 8.44. The number of anilines is 1. The molecule has 2 aromatic heterocycles. The Balaban J connectivity index is 1.64. The molecule has 1 amide bonds. The highest BCUT2D eigenvalue weighted by atomic mass is 16.3. The molecule has 4 rings (SSSR count). The summed E-state index contributed by atoms with van der Waals surface area (Å²) in [6.07, 6.45) is 4.12. The molecule has 130 valence electrons. The molecule has 2 fully saturated rings. The minimum Gasteiger partial charge on any atom is -0.376 e.